The van der Waals surface area contributed by atoms with Crippen molar-refractivity contribution >= 4 is 23.3 Å². The van der Waals surface area contributed by atoms with E-state index in [1.165, 1.54) is 11.8 Å². The van der Waals surface area contributed by atoms with Crippen LogP contribution in [-0.4, -0.2) is 61.6 Å². The Morgan fingerprint density at radius 1 is 1.00 bits per heavy atom. The SMILES string of the molecule is CC(=O)c1ccc(NC(=O)CN(C)CC(=O)N(C)C)cc1. The molecule has 6 heteroatoms. The van der Waals surface area contributed by atoms with Gasteiger partial charge in [-0.3, -0.25) is 19.3 Å². The van der Waals surface area contributed by atoms with Crippen molar-refractivity contribution in [2.45, 2.75) is 6.92 Å². The van der Waals surface area contributed by atoms with Gasteiger partial charge in [0.05, 0.1) is 13.1 Å². The monoisotopic (exact) mass is 291 g/mol. The molecule has 6 nitrogen and oxygen atoms in total. The van der Waals surface area contributed by atoms with Gasteiger partial charge in [-0.1, -0.05) is 0 Å². The molecule has 21 heavy (non-hydrogen) atoms. The molecule has 0 atom stereocenters. The minimum atomic E-state index is -0.209. The third-order valence-corrected chi connectivity index (χ3v) is 2.89. The number of hydrogen-bond donors (Lipinski definition) is 1. The lowest BCUT2D eigenvalue weighted by Gasteiger charge is -2.18. The lowest BCUT2D eigenvalue weighted by molar-refractivity contribution is -0.130. The second kappa shape index (κ2) is 7.54. The Morgan fingerprint density at radius 3 is 2.05 bits per heavy atom. The highest BCUT2D eigenvalue weighted by Crippen LogP contribution is 2.09. The van der Waals surface area contributed by atoms with Crippen molar-refractivity contribution in [3.8, 4) is 0 Å². The molecule has 0 heterocycles. The van der Waals surface area contributed by atoms with Gasteiger partial charge in [0.2, 0.25) is 11.8 Å². The van der Waals surface area contributed by atoms with Crippen LogP contribution in [-0.2, 0) is 9.59 Å². The highest BCUT2D eigenvalue weighted by atomic mass is 16.2. The minimum absolute atomic E-state index is 0.0187. The Labute approximate surface area is 124 Å². The van der Waals surface area contributed by atoms with Crippen LogP contribution in [0.1, 0.15) is 17.3 Å². The number of carbonyl (C=O) groups is 3. The Hall–Kier alpha value is -2.21. The van der Waals surface area contributed by atoms with E-state index in [2.05, 4.69) is 5.32 Å². The number of likely N-dealkylation sites (N-methyl/N-ethyl adjacent to an activating group) is 2. The molecule has 0 bridgehead atoms. The first-order chi connectivity index (χ1) is 9.79. The van der Waals surface area contributed by atoms with Crippen molar-refractivity contribution < 1.29 is 14.4 Å². The highest BCUT2D eigenvalue weighted by molar-refractivity contribution is 5.96. The van der Waals surface area contributed by atoms with E-state index in [0.29, 0.717) is 11.3 Å². The summed E-state index contributed by atoms with van der Waals surface area (Å²) in [5, 5.41) is 2.72. The molecule has 1 aromatic carbocycles. The van der Waals surface area contributed by atoms with Crippen molar-refractivity contribution in [2.24, 2.45) is 0 Å². The maximum atomic E-state index is 11.8. The molecule has 114 valence electrons. The molecule has 0 saturated carbocycles. The van der Waals surface area contributed by atoms with Crippen LogP contribution in [0, 0.1) is 0 Å². The van der Waals surface area contributed by atoms with Gasteiger partial charge in [-0.05, 0) is 38.2 Å². The first-order valence-corrected chi connectivity index (χ1v) is 6.59. The van der Waals surface area contributed by atoms with Crippen LogP contribution in [0.3, 0.4) is 0 Å². The highest BCUT2D eigenvalue weighted by Gasteiger charge is 2.12. The number of rotatable bonds is 6. The number of ketones is 1. The van der Waals surface area contributed by atoms with Crippen LogP contribution in [0.2, 0.25) is 0 Å². The van der Waals surface area contributed by atoms with E-state index in [1.54, 1.807) is 50.3 Å². The number of Topliss-reactive ketones (excluding diaryl/α,β-unsaturated/α-hetero) is 1. The fraction of sp³-hybridized carbons (Fsp3) is 0.400. The zero-order chi connectivity index (χ0) is 16.0. The van der Waals surface area contributed by atoms with E-state index in [0.717, 1.165) is 0 Å². The molecule has 0 saturated heterocycles. The van der Waals surface area contributed by atoms with E-state index >= 15 is 0 Å². The van der Waals surface area contributed by atoms with Gasteiger partial charge in [-0.25, -0.2) is 0 Å². The Bertz CT molecular complexity index is 523. The molecular weight excluding hydrogens is 270 g/mol. The Balaban J connectivity index is 2.49. The zero-order valence-corrected chi connectivity index (χ0v) is 12.8. The van der Waals surface area contributed by atoms with Gasteiger partial charge in [0.25, 0.3) is 0 Å². The number of hydrogen-bond acceptors (Lipinski definition) is 4. The fourth-order valence-electron chi connectivity index (χ4n) is 1.66. The van der Waals surface area contributed by atoms with Crippen molar-refractivity contribution in [3.63, 3.8) is 0 Å². The molecule has 0 radical (unpaired) electrons. The van der Waals surface area contributed by atoms with Crippen LogP contribution in [0.4, 0.5) is 5.69 Å². The van der Waals surface area contributed by atoms with Gasteiger partial charge in [0.1, 0.15) is 0 Å². The topological polar surface area (TPSA) is 69.7 Å². The summed E-state index contributed by atoms with van der Waals surface area (Å²) in [6.07, 6.45) is 0. The summed E-state index contributed by atoms with van der Waals surface area (Å²) in [7, 11) is 5.06. The summed E-state index contributed by atoms with van der Waals surface area (Å²) >= 11 is 0. The first-order valence-electron chi connectivity index (χ1n) is 6.59. The predicted molar refractivity (Wildman–Crippen MR) is 81.3 cm³/mol. The second-order valence-electron chi connectivity index (χ2n) is 5.14. The largest absolute Gasteiger partial charge is 0.348 e. The minimum Gasteiger partial charge on any atom is -0.348 e. The average molecular weight is 291 g/mol. The van der Waals surface area contributed by atoms with Crippen LogP contribution in [0.25, 0.3) is 0 Å². The molecule has 0 aliphatic rings. The molecule has 0 fully saturated rings. The average Bonchev–Trinajstić information content (AvgIpc) is 2.38. The molecule has 1 rings (SSSR count). The predicted octanol–water partition coefficient (Wildman–Crippen LogP) is 0.848. The fourth-order valence-corrected chi connectivity index (χ4v) is 1.66. The van der Waals surface area contributed by atoms with Gasteiger partial charge in [-0.2, -0.15) is 0 Å². The van der Waals surface area contributed by atoms with Crippen LogP contribution < -0.4 is 5.32 Å². The van der Waals surface area contributed by atoms with E-state index in [-0.39, 0.29) is 30.7 Å². The Kier molecular flexibility index (Phi) is 6.05. The van der Waals surface area contributed by atoms with Gasteiger partial charge >= 0.3 is 0 Å². The van der Waals surface area contributed by atoms with Crippen LogP contribution >= 0.6 is 0 Å². The number of amides is 2. The molecule has 1 N–H and O–H groups in total. The summed E-state index contributed by atoms with van der Waals surface area (Å²) in [6, 6.07) is 6.69. The molecule has 1 aromatic rings. The molecular formula is C15H21N3O3. The number of anilines is 1. The van der Waals surface area contributed by atoms with Crippen molar-refractivity contribution in [2.75, 3.05) is 39.5 Å². The third-order valence-electron chi connectivity index (χ3n) is 2.89. The molecule has 0 aromatic heterocycles. The van der Waals surface area contributed by atoms with Gasteiger partial charge in [-0.15, -0.1) is 0 Å². The first kappa shape index (κ1) is 16.8. The maximum Gasteiger partial charge on any atom is 0.238 e. The number of benzene rings is 1. The lowest BCUT2D eigenvalue weighted by Crippen LogP contribution is -2.38. The molecule has 0 aliphatic carbocycles. The van der Waals surface area contributed by atoms with E-state index in [9.17, 15) is 14.4 Å². The maximum absolute atomic E-state index is 11.8. The summed E-state index contributed by atoms with van der Waals surface area (Å²) in [5.41, 5.74) is 1.22. The summed E-state index contributed by atoms with van der Waals surface area (Å²) in [5.74, 6) is -0.287. The van der Waals surface area contributed by atoms with Gasteiger partial charge < -0.3 is 10.2 Å². The van der Waals surface area contributed by atoms with Gasteiger partial charge in [0, 0.05) is 25.3 Å². The quantitative estimate of drug-likeness (QED) is 0.789. The molecule has 0 spiro atoms. The van der Waals surface area contributed by atoms with Crippen LogP contribution in [0.15, 0.2) is 24.3 Å². The van der Waals surface area contributed by atoms with E-state index in [4.69, 9.17) is 0 Å². The summed E-state index contributed by atoms with van der Waals surface area (Å²) in [4.78, 5) is 37.6. The van der Waals surface area contributed by atoms with Crippen molar-refractivity contribution in [1.82, 2.24) is 9.80 Å². The van der Waals surface area contributed by atoms with E-state index < -0.39 is 0 Å². The number of nitrogens with one attached hydrogen (secondary N) is 1. The normalized spacial score (nSPS) is 10.3. The van der Waals surface area contributed by atoms with Crippen molar-refractivity contribution in [1.29, 1.82) is 0 Å². The summed E-state index contributed by atoms with van der Waals surface area (Å²) in [6.45, 7) is 1.79. The van der Waals surface area contributed by atoms with Crippen molar-refractivity contribution in [3.05, 3.63) is 29.8 Å². The zero-order valence-electron chi connectivity index (χ0n) is 12.8. The second-order valence-corrected chi connectivity index (χ2v) is 5.14. The number of nitrogens with zero attached hydrogens (tertiary/aromatic N) is 2. The molecule has 2 amide bonds. The molecule has 0 aliphatic heterocycles. The lowest BCUT2D eigenvalue weighted by atomic mass is 10.1. The smallest absolute Gasteiger partial charge is 0.238 e. The standard InChI is InChI=1S/C15H21N3O3/c1-11(19)12-5-7-13(8-6-12)16-14(20)9-18(4)10-15(21)17(2)3/h5-8H,9-10H2,1-4H3,(H,16,20). The third kappa shape index (κ3) is 5.74. The van der Waals surface area contributed by atoms with Crippen LogP contribution in [0.5, 0.6) is 0 Å². The van der Waals surface area contributed by atoms with E-state index in [1.807, 2.05) is 0 Å². The summed E-state index contributed by atoms with van der Waals surface area (Å²) < 4.78 is 0. The van der Waals surface area contributed by atoms with Gasteiger partial charge in [0.15, 0.2) is 5.78 Å². The molecule has 0 unspecified atom stereocenters. The number of carbonyl (C=O) groups excluding carboxylic acids is 3. The Morgan fingerprint density at radius 2 is 1.57 bits per heavy atom.